The molecule has 126 valence electrons. The first kappa shape index (κ1) is 17.2. The maximum absolute atomic E-state index is 12.3. The third-order valence-electron chi connectivity index (χ3n) is 3.32. The van der Waals surface area contributed by atoms with Gasteiger partial charge in [-0.2, -0.15) is 0 Å². The number of carbonyl (C=O) groups excluding carboxylic acids is 1. The number of nitrogens with one attached hydrogen (secondary N) is 2. The molecule has 0 spiro atoms. The van der Waals surface area contributed by atoms with Crippen LogP contribution in [-0.2, 0) is 6.54 Å². The average Bonchev–Trinajstić information content (AvgIpc) is 2.60. The molecule has 5 nitrogen and oxygen atoms in total. The van der Waals surface area contributed by atoms with E-state index >= 15 is 0 Å². The van der Waals surface area contributed by atoms with Crippen LogP contribution >= 0.6 is 23.2 Å². The van der Waals surface area contributed by atoms with Crippen LogP contribution in [0, 0.1) is 0 Å². The van der Waals surface area contributed by atoms with Crippen LogP contribution in [0.4, 0.5) is 11.4 Å². The van der Waals surface area contributed by atoms with Gasteiger partial charge in [-0.3, -0.25) is 14.8 Å². The maximum atomic E-state index is 12.3. The van der Waals surface area contributed by atoms with Crippen molar-refractivity contribution >= 4 is 40.5 Å². The summed E-state index contributed by atoms with van der Waals surface area (Å²) in [6.45, 7) is 0.385. The van der Waals surface area contributed by atoms with Gasteiger partial charge >= 0.3 is 0 Å². The molecule has 0 fully saturated rings. The molecular weight excluding hydrogens is 359 g/mol. The molecular formula is C18H14Cl2N4O. The lowest BCUT2D eigenvalue weighted by atomic mass is 10.2. The summed E-state index contributed by atoms with van der Waals surface area (Å²) in [5.41, 5.74) is 2.66. The predicted octanol–water partition coefficient (Wildman–Crippen LogP) is 4.46. The summed E-state index contributed by atoms with van der Waals surface area (Å²) in [6, 6.07) is 12.3. The average molecular weight is 373 g/mol. The fraction of sp³-hybridized carbons (Fsp3) is 0.0556. The van der Waals surface area contributed by atoms with Gasteiger partial charge in [0.25, 0.3) is 5.91 Å². The van der Waals surface area contributed by atoms with E-state index in [4.69, 9.17) is 23.2 Å². The molecule has 1 amide bonds. The molecule has 2 N–H and O–H groups in total. The van der Waals surface area contributed by atoms with Crippen LogP contribution in [0.25, 0.3) is 0 Å². The monoisotopic (exact) mass is 372 g/mol. The molecule has 7 heteroatoms. The lowest BCUT2D eigenvalue weighted by molar-refractivity contribution is 0.0946. The third-order valence-corrected chi connectivity index (χ3v) is 3.76. The van der Waals surface area contributed by atoms with Crippen LogP contribution in [0.5, 0.6) is 0 Å². The van der Waals surface area contributed by atoms with Gasteiger partial charge in [0, 0.05) is 46.6 Å². The summed E-state index contributed by atoms with van der Waals surface area (Å²) in [5.74, 6) is -0.267. The second-order valence-corrected chi connectivity index (χ2v) is 6.13. The van der Waals surface area contributed by atoms with Gasteiger partial charge in [0.15, 0.2) is 0 Å². The van der Waals surface area contributed by atoms with Crippen molar-refractivity contribution in [1.82, 2.24) is 15.3 Å². The normalized spacial score (nSPS) is 10.3. The zero-order valence-electron chi connectivity index (χ0n) is 13.0. The zero-order chi connectivity index (χ0) is 17.6. The zero-order valence-corrected chi connectivity index (χ0v) is 14.6. The Morgan fingerprint density at radius 2 is 1.80 bits per heavy atom. The van der Waals surface area contributed by atoms with E-state index in [2.05, 4.69) is 20.6 Å². The molecule has 25 heavy (non-hydrogen) atoms. The lowest BCUT2D eigenvalue weighted by Gasteiger charge is -2.09. The number of aromatic nitrogens is 2. The Bertz CT molecular complexity index is 867. The molecule has 0 saturated heterocycles. The number of rotatable bonds is 5. The Hall–Kier alpha value is -2.63. The number of benzene rings is 1. The van der Waals surface area contributed by atoms with Crippen molar-refractivity contribution in [3.8, 4) is 0 Å². The Morgan fingerprint density at radius 3 is 2.52 bits per heavy atom. The molecule has 0 aliphatic rings. The summed E-state index contributed by atoms with van der Waals surface area (Å²) < 4.78 is 0. The minimum absolute atomic E-state index is 0.267. The van der Waals surface area contributed by atoms with Gasteiger partial charge in [0.05, 0.1) is 0 Å². The molecule has 0 aliphatic carbocycles. The lowest BCUT2D eigenvalue weighted by Crippen LogP contribution is -2.23. The van der Waals surface area contributed by atoms with Crippen LogP contribution in [0.3, 0.4) is 0 Å². The third kappa shape index (κ3) is 4.92. The maximum Gasteiger partial charge on any atom is 0.270 e. The highest BCUT2D eigenvalue weighted by molar-refractivity contribution is 6.35. The SMILES string of the molecule is O=C(NCc1cccnc1)c1cc(Nc2cc(Cl)cc(Cl)c2)ccn1. The molecule has 3 rings (SSSR count). The molecule has 1 aromatic carbocycles. The first-order chi connectivity index (χ1) is 12.1. The van der Waals surface area contributed by atoms with Crippen molar-refractivity contribution in [3.63, 3.8) is 0 Å². The van der Waals surface area contributed by atoms with E-state index in [-0.39, 0.29) is 5.91 Å². The van der Waals surface area contributed by atoms with Crippen molar-refractivity contribution in [2.45, 2.75) is 6.54 Å². The first-order valence-corrected chi connectivity index (χ1v) is 8.22. The minimum atomic E-state index is -0.267. The number of pyridine rings is 2. The van der Waals surface area contributed by atoms with E-state index in [1.165, 1.54) is 0 Å². The minimum Gasteiger partial charge on any atom is -0.355 e. The molecule has 0 radical (unpaired) electrons. The van der Waals surface area contributed by atoms with Crippen molar-refractivity contribution in [1.29, 1.82) is 0 Å². The molecule has 0 aliphatic heterocycles. The van der Waals surface area contributed by atoms with Gasteiger partial charge in [0.2, 0.25) is 0 Å². The van der Waals surface area contributed by atoms with Gasteiger partial charge in [-0.15, -0.1) is 0 Å². The molecule has 2 heterocycles. The smallest absolute Gasteiger partial charge is 0.270 e. The fourth-order valence-corrected chi connectivity index (χ4v) is 2.73. The van der Waals surface area contributed by atoms with Gasteiger partial charge in [-0.05, 0) is 42.0 Å². The Morgan fingerprint density at radius 1 is 1.00 bits per heavy atom. The Kier molecular flexibility index (Phi) is 5.48. The highest BCUT2D eigenvalue weighted by Crippen LogP contribution is 2.25. The highest BCUT2D eigenvalue weighted by Gasteiger charge is 2.08. The van der Waals surface area contributed by atoms with Gasteiger partial charge in [-0.1, -0.05) is 29.3 Å². The van der Waals surface area contributed by atoms with E-state index in [9.17, 15) is 4.79 Å². The van der Waals surface area contributed by atoms with E-state index in [0.29, 0.717) is 28.0 Å². The number of halogens is 2. The van der Waals surface area contributed by atoms with E-state index in [1.807, 2.05) is 12.1 Å². The van der Waals surface area contributed by atoms with Crippen molar-refractivity contribution < 1.29 is 4.79 Å². The Balaban J connectivity index is 1.69. The number of carbonyl (C=O) groups is 1. The largest absolute Gasteiger partial charge is 0.355 e. The number of hydrogen-bond acceptors (Lipinski definition) is 4. The van der Waals surface area contributed by atoms with Crippen LogP contribution in [-0.4, -0.2) is 15.9 Å². The number of hydrogen-bond donors (Lipinski definition) is 2. The second-order valence-electron chi connectivity index (χ2n) is 5.26. The van der Waals surface area contributed by atoms with Crippen LogP contribution in [0.1, 0.15) is 16.1 Å². The Labute approximate surface area is 155 Å². The van der Waals surface area contributed by atoms with Crippen molar-refractivity contribution in [2.75, 3.05) is 5.32 Å². The van der Waals surface area contributed by atoms with Crippen LogP contribution in [0.2, 0.25) is 10.0 Å². The van der Waals surface area contributed by atoms with Crippen LogP contribution in [0.15, 0.2) is 61.1 Å². The molecule has 3 aromatic rings. The predicted molar refractivity (Wildman–Crippen MR) is 99.4 cm³/mol. The quantitative estimate of drug-likeness (QED) is 0.693. The van der Waals surface area contributed by atoms with Crippen molar-refractivity contribution in [2.24, 2.45) is 0 Å². The number of amides is 1. The van der Waals surface area contributed by atoms with Gasteiger partial charge in [0.1, 0.15) is 5.69 Å². The summed E-state index contributed by atoms with van der Waals surface area (Å²) in [4.78, 5) is 20.4. The standard InChI is InChI=1S/C18H14Cl2N4O/c19-13-6-14(20)8-16(7-13)24-15-3-5-22-17(9-15)18(25)23-11-12-2-1-4-21-10-12/h1-10H,11H2,(H,22,24)(H,23,25). The summed E-state index contributed by atoms with van der Waals surface area (Å²) in [5, 5.41) is 7.02. The number of anilines is 2. The summed E-state index contributed by atoms with van der Waals surface area (Å²) in [7, 11) is 0. The van der Waals surface area contributed by atoms with E-state index in [1.54, 1.807) is 48.9 Å². The molecule has 0 unspecified atom stereocenters. The van der Waals surface area contributed by atoms with Gasteiger partial charge < -0.3 is 10.6 Å². The first-order valence-electron chi connectivity index (χ1n) is 7.46. The van der Waals surface area contributed by atoms with Gasteiger partial charge in [-0.25, -0.2) is 0 Å². The molecule has 0 atom stereocenters. The fourth-order valence-electron chi connectivity index (χ4n) is 2.20. The van der Waals surface area contributed by atoms with Crippen LogP contribution < -0.4 is 10.6 Å². The van der Waals surface area contributed by atoms with E-state index < -0.39 is 0 Å². The molecule has 0 bridgehead atoms. The molecule has 0 saturated carbocycles. The second kappa shape index (κ2) is 7.96. The number of nitrogens with zero attached hydrogens (tertiary/aromatic N) is 2. The topological polar surface area (TPSA) is 66.9 Å². The highest BCUT2D eigenvalue weighted by atomic mass is 35.5. The van der Waals surface area contributed by atoms with Crippen molar-refractivity contribution in [3.05, 3.63) is 82.4 Å². The summed E-state index contributed by atoms with van der Waals surface area (Å²) >= 11 is 12.0. The summed E-state index contributed by atoms with van der Waals surface area (Å²) in [6.07, 6.45) is 4.95. The molecule has 2 aromatic heterocycles. The van der Waals surface area contributed by atoms with E-state index in [0.717, 1.165) is 11.3 Å².